The van der Waals surface area contributed by atoms with Gasteiger partial charge in [-0.25, -0.2) is 0 Å². The first-order chi connectivity index (χ1) is 10.2. The van der Waals surface area contributed by atoms with Crippen LogP contribution >= 0.6 is 0 Å². The number of nitrogens with zero attached hydrogens (tertiary/aromatic N) is 2. The summed E-state index contributed by atoms with van der Waals surface area (Å²) in [5.74, 6) is 6.84. The zero-order valence-corrected chi connectivity index (χ0v) is 12.8. The van der Waals surface area contributed by atoms with Crippen LogP contribution in [0.3, 0.4) is 0 Å². The van der Waals surface area contributed by atoms with Crippen molar-refractivity contribution in [2.24, 2.45) is 18.8 Å². The lowest BCUT2D eigenvalue weighted by Gasteiger charge is -2.45. The lowest BCUT2D eigenvalue weighted by molar-refractivity contribution is 0.111. The fourth-order valence-corrected chi connectivity index (χ4v) is 4.65. The van der Waals surface area contributed by atoms with Crippen molar-refractivity contribution >= 4 is 10.9 Å². The van der Waals surface area contributed by atoms with Crippen LogP contribution in [0.1, 0.15) is 23.5 Å². The molecule has 112 valence electrons. The molecule has 2 aliphatic rings. The van der Waals surface area contributed by atoms with Crippen LogP contribution < -0.4 is 11.3 Å². The monoisotopic (exact) mass is 284 g/mol. The van der Waals surface area contributed by atoms with Crippen LogP contribution in [-0.2, 0) is 13.5 Å². The highest BCUT2D eigenvalue weighted by molar-refractivity contribution is 5.89. The highest BCUT2D eigenvalue weighted by Gasteiger charge is 2.39. The minimum atomic E-state index is 0.638. The third-order valence-electron chi connectivity index (χ3n) is 5.52. The molecule has 1 aromatic heterocycles. The standard InChI is InChI=1S/C17H24N4/c1-20-9-11(8-19-18)6-14-13-4-3-5-15-17(13)12(7-16(14)20)10-21(15)2/h3-5,10-11,14,16,19H,6-9,18H2,1-2H3/t11?,14-,16-/m1/s1. The van der Waals surface area contributed by atoms with E-state index >= 15 is 0 Å². The molecule has 1 saturated heterocycles. The number of fused-ring (bicyclic) bond motifs is 2. The fraction of sp³-hybridized carbons (Fsp3) is 0.529. The topological polar surface area (TPSA) is 46.2 Å². The van der Waals surface area contributed by atoms with Gasteiger partial charge in [0.1, 0.15) is 0 Å². The number of benzene rings is 1. The maximum Gasteiger partial charge on any atom is 0.0483 e. The van der Waals surface area contributed by atoms with E-state index < -0.39 is 0 Å². The molecule has 2 heterocycles. The van der Waals surface area contributed by atoms with Gasteiger partial charge >= 0.3 is 0 Å². The Bertz CT molecular complexity index is 675. The molecule has 0 radical (unpaired) electrons. The van der Waals surface area contributed by atoms with Crippen molar-refractivity contribution in [1.82, 2.24) is 14.9 Å². The van der Waals surface area contributed by atoms with Gasteiger partial charge in [-0.15, -0.1) is 0 Å². The summed E-state index contributed by atoms with van der Waals surface area (Å²) in [5, 5.41) is 1.51. The Kier molecular flexibility index (Phi) is 3.06. The summed E-state index contributed by atoms with van der Waals surface area (Å²) in [6.07, 6.45) is 4.75. The predicted molar refractivity (Wildman–Crippen MR) is 86.1 cm³/mol. The summed E-state index contributed by atoms with van der Waals surface area (Å²) >= 11 is 0. The number of likely N-dealkylation sites (tertiary alicyclic amines) is 1. The summed E-state index contributed by atoms with van der Waals surface area (Å²) in [4.78, 5) is 2.55. The van der Waals surface area contributed by atoms with Crippen molar-refractivity contribution in [3.63, 3.8) is 0 Å². The minimum Gasteiger partial charge on any atom is -0.350 e. The molecule has 4 rings (SSSR count). The van der Waals surface area contributed by atoms with Crippen LogP contribution in [0.4, 0.5) is 0 Å². The van der Waals surface area contributed by atoms with Gasteiger partial charge in [-0.1, -0.05) is 12.1 Å². The van der Waals surface area contributed by atoms with Gasteiger partial charge in [0.05, 0.1) is 0 Å². The molecule has 4 heteroatoms. The van der Waals surface area contributed by atoms with Crippen LogP contribution in [0.2, 0.25) is 0 Å². The lowest BCUT2D eigenvalue weighted by atomic mass is 9.72. The number of hydrazine groups is 1. The number of aromatic nitrogens is 1. The Morgan fingerprint density at radius 3 is 3.00 bits per heavy atom. The van der Waals surface area contributed by atoms with Gasteiger partial charge in [-0.3, -0.25) is 11.3 Å². The fourth-order valence-electron chi connectivity index (χ4n) is 4.65. The lowest BCUT2D eigenvalue weighted by Crippen LogP contribution is -2.50. The van der Waals surface area contributed by atoms with Gasteiger partial charge in [-0.2, -0.15) is 0 Å². The van der Waals surface area contributed by atoms with Gasteiger partial charge < -0.3 is 9.47 Å². The van der Waals surface area contributed by atoms with Crippen LogP contribution in [0.5, 0.6) is 0 Å². The minimum absolute atomic E-state index is 0.638. The average molecular weight is 284 g/mol. The van der Waals surface area contributed by atoms with E-state index in [1.54, 1.807) is 5.56 Å². The second kappa shape index (κ2) is 4.83. The number of aryl methyl sites for hydroxylation is 1. The first kappa shape index (κ1) is 13.3. The molecular weight excluding hydrogens is 260 g/mol. The van der Waals surface area contributed by atoms with Crippen molar-refractivity contribution in [2.45, 2.75) is 24.8 Å². The molecule has 3 atom stereocenters. The Hall–Kier alpha value is -1.36. The first-order valence-corrected chi connectivity index (χ1v) is 7.89. The highest BCUT2D eigenvalue weighted by atomic mass is 15.2. The normalized spacial score (nSPS) is 28.8. The number of hydrogen-bond donors (Lipinski definition) is 2. The van der Waals surface area contributed by atoms with E-state index in [1.807, 2.05) is 0 Å². The van der Waals surface area contributed by atoms with Crippen molar-refractivity contribution < 1.29 is 0 Å². The third-order valence-corrected chi connectivity index (χ3v) is 5.52. The van der Waals surface area contributed by atoms with Crippen molar-refractivity contribution in [3.8, 4) is 0 Å². The summed E-state index contributed by atoms with van der Waals surface area (Å²) < 4.78 is 2.28. The summed E-state index contributed by atoms with van der Waals surface area (Å²) in [6, 6.07) is 7.44. The molecular formula is C17H24N4. The van der Waals surface area contributed by atoms with E-state index in [2.05, 4.69) is 53.4 Å². The maximum atomic E-state index is 5.56. The Morgan fingerprint density at radius 2 is 2.19 bits per heavy atom. The molecule has 0 saturated carbocycles. The van der Waals surface area contributed by atoms with Crippen molar-refractivity contribution in [1.29, 1.82) is 0 Å². The third kappa shape index (κ3) is 1.94. The van der Waals surface area contributed by atoms with Crippen LogP contribution in [0.15, 0.2) is 24.4 Å². The SMILES string of the molecule is CN1CC(CNN)C[C@@H]2c3cccc4c3c(cn4C)C[C@H]21. The molecule has 1 fully saturated rings. The first-order valence-electron chi connectivity index (χ1n) is 7.89. The zero-order chi connectivity index (χ0) is 14.6. The van der Waals surface area contributed by atoms with Crippen molar-refractivity contribution in [3.05, 3.63) is 35.5 Å². The summed E-state index contributed by atoms with van der Waals surface area (Å²) in [7, 11) is 4.43. The van der Waals surface area contributed by atoms with Crippen LogP contribution in [0, 0.1) is 5.92 Å². The molecule has 0 amide bonds. The Balaban J connectivity index is 1.82. The molecule has 1 aliphatic carbocycles. The number of piperidine rings is 1. The predicted octanol–water partition coefficient (Wildman–Crippen LogP) is 1.60. The van der Waals surface area contributed by atoms with E-state index in [4.69, 9.17) is 5.84 Å². The molecule has 0 spiro atoms. The van der Waals surface area contributed by atoms with E-state index in [9.17, 15) is 0 Å². The Morgan fingerprint density at radius 1 is 1.33 bits per heavy atom. The van der Waals surface area contributed by atoms with E-state index in [-0.39, 0.29) is 0 Å². The second-order valence-electron chi connectivity index (χ2n) is 6.83. The number of nitrogens with two attached hydrogens (primary N) is 1. The molecule has 2 aromatic rings. The van der Waals surface area contributed by atoms with E-state index in [0.29, 0.717) is 17.9 Å². The summed E-state index contributed by atoms with van der Waals surface area (Å²) in [5.41, 5.74) is 7.32. The van der Waals surface area contributed by atoms with Gasteiger partial charge in [0.2, 0.25) is 0 Å². The maximum absolute atomic E-state index is 5.56. The molecule has 1 unspecified atom stereocenters. The van der Waals surface area contributed by atoms with Crippen LogP contribution in [0.25, 0.3) is 10.9 Å². The number of rotatable bonds is 2. The molecule has 1 aromatic carbocycles. The average Bonchev–Trinajstić information content (AvgIpc) is 2.79. The smallest absolute Gasteiger partial charge is 0.0483 e. The largest absolute Gasteiger partial charge is 0.350 e. The van der Waals surface area contributed by atoms with Gasteiger partial charge in [0.25, 0.3) is 0 Å². The number of hydrogen-bond acceptors (Lipinski definition) is 3. The molecule has 0 bridgehead atoms. The Labute approximate surface area is 125 Å². The van der Waals surface area contributed by atoms with Crippen molar-refractivity contribution in [2.75, 3.05) is 20.1 Å². The molecule has 3 N–H and O–H groups in total. The molecule has 21 heavy (non-hydrogen) atoms. The second-order valence-corrected chi connectivity index (χ2v) is 6.83. The van der Waals surface area contributed by atoms with Gasteiger partial charge in [0.15, 0.2) is 0 Å². The number of nitrogens with one attached hydrogen (secondary N) is 1. The quantitative estimate of drug-likeness (QED) is 0.650. The highest BCUT2D eigenvalue weighted by Crippen LogP contribution is 2.44. The van der Waals surface area contributed by atoms with Crippen LogP contribution in [-0.4, -0.2) is 35.6 Å². The zero-order valence-electron chi connectivity index (χ0n) is 12.8. The number of likely N-dealkylation sites (N-methyl/N-ethyl adjacent to an activating group) is 1. The molecule has 1 aliphatic heterocycles. The van der Waals surface area contributed by atoms with E-state index in [0.717, 1.165) is 13.1 Å². The summed E-state index contributed by atoms with van der Waals surface area (Å²) in [6.45, 7) is 2.05. The van der Waals surface area contributed by atoms with E-state index in [1.165, 1.54) is 29.3 Å². The molecule has 4 nitrogen and oxygen atoms in total. The van der Waals surface area contributed by atoms with Gasteiger partial charge in [-0.05, 0) is 43.0 Å². The van der Waals surface area contributed by atoms with Gasteiger partial charge in [0, 0.05) is 49.2 Å².